The highest BCUT2D eigenvalue weighted by Gasteiger charge is 2.26. The zero-order chi connectivity index (χ0) is 19.9. The summed E-state index contributed by atoms with van der Waals surface area (Å²) in [4.78, 5) is 33.0. The molecule has 1 aliphatic heterocycles. The summed E-state index contributed by atoms with van der Waals surface area (Å²) >= 11 is 1.60. The van der Waals surface area contributed by atoms with E-state index in [2.05, 4.69) is 15.2 Å². The number of methoxy groups -OCH3 is 1. The second-order valence-electron chi connectivity index (χ2n) is 6.46. The zero-order valence-corrected chi connectivity index (χ0v) is 16.8. The van der Waals surface area contributed by atoms with Crippen molar-refractivity contribution in [1.82, 2.24) is 15.2 Å². The molecule has 1 fully saturated rings. The Labute approximate surface area is 168 Å². The van der Waals surface area contributed by atoms with Crippen molar-refractivity contribution in [3.63, 3.8) is 0 Å². The van der Waals surface area contributed by atoms with Gasteiger partial charge in [0, 0.05) is 43.8 Å². The molecule has 1 aliphatic rings. The first-order valence-corrected chi connectivity index (χ1v) is 10.0. The molecule has 1 atom stereocenters. The number of hydrogen-bond acceptors (Lipinski definition) is 6. The maximum absolute atomic E-state index is 12.6. The fourth-order valence-corrected chi connectivity index (χ4v) is 3.67. The Balaban J connectivity index is 1.47. The van der Waals surface area contributed by atoms with Gasteiger partial charge >= 0.3 is 0 Å². The van der Waals surface area contributed by atoms with E-state index in [0.717, 1.165) is 29.5 Å². The average Bonchev–Trinajstić information content (AvgIpc) is 3.27. The predicted octanol–water partition coefficient (Wildman–Crippen LogP) is 2.02. The molecule has 2 amide bonds. The highest BCUT2D eigenvalue weighted by atomic mass is 32.1. The lowest BCUT2D eigenvalue weighted by Crippen LogP contribution is -2.54. The monoisotopic (exact) mass is 400 g/mol. The highest BCUT2D eigenvalue weighted by molar-refractivity contribution is 7.13. The van der Waals surface area contributed by atoms with Crippen LogP contribution in [-0.2, 0) is 9.59 Å². The number of piperazine rings is 1. The molecule has 3 rings (SSSR count). The number of nitrogens with zero attached hydrogens (tertiary/aromatic N) is 3. The molecule has 0 saturated carbocycles. The quantitative estimate of drug-likeness (QED) is 0.751. The number of amides is 2. The van der Waals surface area contributed by atoms with Crippen LogP contribution in [0.2, 0.25) is 0 Å². The van der Waals surface area contributed by atoms with Gasteiger partial charge in [0.2, 0.25) is 11.8 Å². The molecule has 0 aliphatic carbocycles. The number of carbonyl (C=O) groups excluding carboxylic acids is 2. The molecule has 1 unspecified atom stereocenters. The van der Waals surface area contributed by atoms with Gasteiger partial charge in [-0.2, -0.15) is 0 Å². The Bertz CT molecular complexity index is 812. The predicted molar refractivity (Wildman–Crippen MR) is 111 cm³/mol. The molecule has 0 bridgehead atoms. The van der Waals surface area contributed by atoms with E-state index >= 15 is 0 Å². The zero-order valence-electron chi connectivity index (χ0n) is 16.0. The van der Waals surface area contributed by atoms with Crippen LogP contribution in [0.1, 0.15) is 12.5 Å². The maximum atomic E-state index is 12.6. The summed E-state index contributed by atoms with van der Waals surface area (Å²) in [6.07, 6.45) is 4.93. The molecule has 28 heavy (non-hydrogen) atoms. The standard InChI is InChI=1S/C20H24N4O3S/c1-15(22-18(25)8-5-16-3-6-17(27-2)7-4-16)19(26)23-10-12-24(13-11-23)20-21-9-14-28-20/h3-9,14-15H,10-13H2,1-2H3,(H,22,25)/b8-5+. The molecule has 1 aromatic heterocycles. The Morgan fingerprint density at radius 3 is 2.54 bits per heavy atom. The fourth-order valence-electron chi connectivity index (χ4n) is 2.97. The third-order valence-corrected chi connectivity index (χ3v) is 5.39. The number of carbonyl (C=O) groups is 2. The molecule has 148 valence electrons. The molecule has 0 spiro atoms. The van der Waals surface area contributed by atoms with E-state index in [9.17, 15) is 9.59 Å². The van der Waals surface area contributed by atoms with Crippen LogP contribution in [-0.4, -0.2) is 61.0 Å². The van der Waals surface area contributed by atoms with E-state index in [-0.39, 0.29) is 11.8 Å². The van der Waals surface area contributed by atoms with E-state index in [0.29, 0.717) is 13.1 Å². The summed E-state index contributed by atoms with van der Waals surface area (Å²) < 4.78 is 5.11. The highest BCUT2D eigenvalue weighted by Crippen LogP contribution is 2.19. The van der Waals surface area contributed by atoms with Crippen molar-refractivity contribution in [2.75, 3.05) is 38.2 Å². The lowest BCUT2D eigenvalue weighted by Gasteiger charge is -2.35. The summed E-state index contributed by atoms with van der Waals surface area (Å²) in [5.41, 5.74) is 0.883. The second kappa shape index (κ2) is 9.36. The van der Waals surface area contributed by atoms with Crippen molar-refractivity contribution in [2.24, 2.45) is 0 Å². The average molecular weight is 401 g/mol. The number of nitrogens with one attached hydrogen (secondary N) is 1. The summed E-state index contributed by atoms with van der Waals surface area (Å²) in [6, 6.07) is 6.81. The topological polar surface area (TPSA) is 74.8 Å². The van der Waals surface area contributed by atoms with E-state index in [4.69, 9.17) is 4.74 Å². The van der Waals surface area contributed by atoms with Gasteiger partial charge in [0.05, 0.1) is 7.11 Å². The maximum Gasteiger partial charge on any atom is 0.244 e. The Morgan fingerprint density at radius 2 is 1.93 bits per heavy atom. The Morgan fingerprint density at radius 1 is 1.21 bits per heavy atom. The minimum Gasteiger partial charge on any atom is -0.497 e. The molecule has 1 aromatic carbocycles. The van der Waals surface area contributed by atoms with Gasteiger partial charge in [-0.1, -0.05) is 12.1 Å². The first-order chi connectivity index (χ1) is 13.6. The molecule has 1 saturated heterocycles. The van der Waals surface area contributed by atoms with Crippen LogP contribution < -0.4 is 15.0 Å². The van der Waals surface area contributed by atoms with Crippen LogP contribution in [0.3, 0.4) is 0 Å². The number of benzene rings is 1. The van der Waals surface area contributed by atoms with Crippen LogP contribution in [0.5, 0.6) is 5.75 Å². The van der Waals surface area contributed by atoms with Crippen LogP contribution in [0, 0.1) is 0 Å². The summed E-state index contributed by atoms with van der Waals surface area (Å²) in [7, 11) is 1.61. The van der Waals surface area contributed by atoms with Crippen LogP contribution in [0.4, 0.5) is 5.13 Å². The third kappa shape index (κ3) is 5.10. The first kappa shape index (κ1) is 19.9. The van der Waals surface area contributed by atoms with Crippen LogP contribution in [0.15, 0.2) is 41.9 Å². The van der Waals surface area contributed by atoms with Crippen molar-refractivity contribution in [3.05, 3.63) is 47.5 Å². The lowest BCUT2D eigenvalue weighted by molar-refractivity contribution is -0.135. The van der Waals surface area contributed by atoms with Crippen molar-refractivity contribution in [2.45, 2.75) is 13.0 Å². The van der Waals surface area contributed by atoms with E-state index in [1.807, 2.05) is 29.6 Å². The number of ether oxygens (including phenoxy) is 1. The summed E-state index contributed by atoms with van der Waals surface area (Å²) in [5, 5.41) is 5.67. The molecule has 7 nitrogen and oxygen atoms in total. The van der Waals surface area contributed by atoms with Gasteiger partial charge in [0.1, 0.15) is 11.8 Å². The van der Waals surface area contributed by atoms with Gasteiger partial charge in [0.25, 0.3) is 0 Å². The van der Waals surface area contributed by atoms with Gasteiger partial charge in [-0.3, -0.25) is 9.59 Å². The molecular weight excluding hydrogens is 376 g/mol. The second-order valence-corrected chi connectivity index (χ2v) is 7.34. The van der Waals surface area contributed by atoms with E-state index in [1.54, 1.807) is 42.5 Å². The molecule has 2 heterocycles. The van der Waals surface area contributed by atoms with Gasteiger partial charge in [-0.05, 0) is 30.7 Å². The number of thiazole rings is 1. The normalized spacial score (nSPS) is 15.5. The SMILES string of the molecule is COc1ccc(/C=C/C(=O)NC(C)C(=O)N2CCN(c3nccs3)CC2)cc1. The molecule has 1 N–H and O–H groups in total. The van der Waals surface area contributed by atoms with Crippen molar-refractivity contribution < 1.29 is 14.3 Å². The number of hydrogen-bond donors (Lipinski definition) is 1. The van der Waals surface area contributed by atoms with Crippen LogP contribution >= 0.6 is 11.3 Å². The molecule has 8 heteroatoms. The van der Waals surface area contributed by atoms with Gasteiger partial charge in [-0.25, -0.2) is 4.98 Å². The number of anilines is 1. The minimum atomic E-state index is -0.570. The van der Waals surface area contributed by atoms with Crippen molar-refractivity contribution in [3.8, 4) is 5.75 Å². The number of aromatic nitrogens is 1. The minimum absolute atomic E-state index is 0.0648. The van der Waals surface area contributed by atoms with E-state index in [1.165, 1.54) is 6.08 Å². The van der Waals surface area contributed by atoms with E-state index < -0.39 is 6.04 Å². The summed E-state index contributed by atoms with van der Waals surface area (Å²) in [6.45, 7) is 4.46. The van der Waals surface area contributed by atoms with Gasteiger partial charge < -0.3 is 19.9 Å². The van der Waals surface area contributed by atoms with Gasteiger partial charge in [0.15, 0.2) is 5.13 Å². The Hall–Kier alpha value is -2.87. The molecular formula is C20H24N4O3S. The molecule has 2 aromatic rings. The summed E-state index contributed by atoms with van der Waals surface area (Å²) in [5.74, 6) is 0.402. The first-order valence-electron chi connectivity index (χ1n) is 9.12. The smallest absolute Gasteiger partial charge is 0.244 e. The third-order valence-electron chi connectivity index (χ3n) is 4.55. The fraction of sp³-hybridized carbons (Fsp3) is 0.350. The van der Waals surface area contributed by atoms with Crippen LogP contribution in [0.25, 0.3) is 6.08 Å². The van der Waals surface area contributed by atoms with Crippen molar-refractivity contribution in [1.29, 1.82) is 0 Å². The number of rotatable bonds is 6. The largest absolute Gasteiger partial charge is 0.497 e. The van der Waals surface area contributed by atoms with Gasteiger partial charge in [-0.15, -0.1) is 11.3 Å². The lowest BCUT2D eigenvalue weighted by atomic mass is 10.2. The van der Waals surface area contributed by atoms with Crippen molar-refractivity contribution >= 4 is 34.4 Å². The Kier molecular flexibility index (Phi) is 6.65. The molecule has 0 radical (unpaired) electrons.